The molecule has 1 aromatic rings. The van der Waals surface area contributed by atoms with Crippen LogP contribution in [0.1, 0.15) is 10.4 Å². The minimum absolute atomic E-state index is 0.188. The minimum Gasteiger partial charge on any atom is -0.461 e. The lowest BCUT2D eigenvalue weighted by Crippen LogP contribution is -2.41. The van der Waals surface area contributed by atoms with Gasteiger partial charge in [-0.2, -0.15) is 0 Å². The van der Waals surface area contributed by atoms with Crippen molar-refractivity contribution < 1.29 is 17.9 Å². The van der Waals surface area contributed by atoms with Crippen molar-refractivity contribution in [2.75, 3.05) is 37.7 Å². The van der Waals surface area contributed by atoms with Crippen molar-refractivity contribution in [2.45, 2.75) is 0 Å². The number of benzene rings is 1. The molecule has 0 aliphatic carbocycles. The van der Waals surface area contributed by atoms with Gasteiger partial charge in [-0.25, -0.2) is 13.2 Å². The highest BCUT2D eigenvalue weighted by Gasteiger charge is 2.22. The number of rotatable bonds is 4. The van der Waals surface area contributed by atoms with Crippen molar-refractivity contribution in [2.24, 2.45) is 0 Å². The Labute approximate surface area is 170 Å². The maximum atomic E-state index is 12.2. The second kappa shape index (κ2) is 8.25. The van der Waals surface area contributed by atoms with Crippen LogP contribution in [0.3, 0.4) is 0 Å². The highest BCUT2D eigenvalue weighted by molar-refractivity contribution is 14.1. The Morgan fingerprint density at radius 1 is 1.18 bits per heavy atom. The van der Waals surface area contributed by atoms with E-state index in [1.54, 1.807) is 0 Å². The standard InChI is InChI=1S/C13H14I3NO4S/c14-9-7-10(12(16)11(15)8-9)13(18)21-4-1-17-2-5-22(19,20)6-3-17/h7-8H,1-6H2. The van der Waals surface area contributed by atoms with E-state index in [1.807, 2.05) is 17.0 Å². The molecule has 1 saturated heterocycles. The Hall–Kier alpha value is 0.790. The van der Waals surface area contributed by atoms with Crippen molar-refractivity contribution in [3.8, 4) is 0 Å². The number of nitrogens with zero attached hydrogens (tertiary/aromatic N) is 1. The van der Waals surface area contributed by atoms with E-state index >= 15 is 0 Å². The van der Waals surface area contributed by atoms with Gasteiger partial charge in [0.1, 0.15) is 6.61 Å². The average molecular weight is 661 g/mol. The Morgan fingerprint density at radius 3 is 2.45 bits per heavy atom. The van der Waals surface area contributed by atoms with E-state index in [4.69, 9.17) is 4.74 Å². The average Bonchev–Trinajstić information content (AvgIpc) is 2.44. The van der Waals surface area contributed by atoms with Gasteiger partial charge in [0.25, 0.3) is 0 Å². The summed E-state index contributed by atoms with van der Waals surface area (Å²) >= 11 is 6.52. The van der Waals surface area contributed by atoms with Gasteiger partial charge in [0.15, 0.2) is 9.84 Å². The zero-order chi connectivity index (χ0) is 16.3. The smallest absolute Gasteiger partial charge is 0.339 e. The molecule has 0 N–H and O–H groups in total. The van der Waals surface area contributed by atoms with Gasteiger partial charge in [-0.15, -0.1) is 0 Å². The van der Waals surface area contributed by atoms with E-state index in [0.29, 0.717) is 25.2 Å². The summed E-state index contributed by atoms with van der Waals surface area (Å²) in [7, 11) is -2.87. The molecule has 1 aliphatic heterocycles. The lowest BCUT2D eigenvalue weighted by atomic mass is 10.2. The number of sulfone groups is 1. The maximum absolute atomic E-state index is 12.2. The van der Waals surface area contributed by atoms with E-state index < -0.39 is 9.84 Å². The first kappa shape index (κ1) is 19.1. The third-order valence-corrected chi connectivity index (χ3v) is 8.57. The fourth-order valence-corrected chi connectivity index (χ4v) is 5.68. The van der Waals surface area contributed by atoms with Crippen molar-refractivity contribution in [3.05, 3.63) is 28.4 Å². The monoisotopic (exact) mass is 661 g/mol. The molecule has 2 rings (SSSR count). The molecule has 1 aliphatic rings. The summed E-state index contributed by atoms with van der Waals surface area (Å²) in [5.41, 5.74) is 0.582. The van der Waals surface area contributed by atoms with Crippen molar-refractivity contribution in [1.29, 1.82) is 0 Å². The summed E-state index contributed by atoms with van der Waals surface area (Å²) < 4.78 is 31.0. The summed E-state index contributed by atoms with van der Waals surface area (Å²) in [4.78, 5) is 14.2. The van der Waals surface area contributed by atoms with Gasteiger partial charge in [0, 0.05) is 30.3 Å². The fourth-order valence-electron chi connectivity index (χ4n) is 2.02. The van der Waals surface area contributed by atoms with Gasteiger partial charge in [0.05, 0.1) is 17.1 Å². The first-order valence-corrected chi connectivity index (χ1v) is 11.6. The minimum atomic E-state index is -2.87. The third-order valence-electron chi connectivity index (χ3n) is 3.29. The summed E-state index contributed by atoms with van der Waals surface area (Å²) in [5, 5.41) is 0. The second-order valence-electron chi connectivity index (χ2n) is 4.88. The van der Waals surface area contributed by atoms with Gasteiger partial charge in [-0.1, -0.05) is 0 Å². The molecule has 9 heteroatoms. The quantitative estimate of drug-likeness (QED) is 0.282. The molecular weight excluding hydrogens is 647 g/mol. The van der Waals surface area contributed by atoms with Crippen LogP contribution in [-0.4, -0.2) is 57.0 Å². The van der Waals surface area contributed by atoms with E-state index in [2.05, 4.69) is 67.8 Å². The van der Waals surface area contributed by atoms with E-state index in [1.165, 1.54) is 0 Å². The maximum Gasteiger partial charge on any atom is 0.339 e. The van der Waals surface area contributed by atoms with Gasteiger partial charge in [-0.3, -0.25) is 4.90 Å². The molecule has 0 saturated carbocycles. The predicted octanol–water partition coefficient (Wildman–Crippen LogP) is 2.39. The predicted molar refractivity (Wildman–Crippen MR) is 110 cm³/mol. The van der Waals surface area contributed by atoms with Gasteiger partial charge < -0.3 is 4.74 Å². The largest absolute Gasteiger partial charge is 0.461 e. The molecule has 1 heterocycles. The van der Waals surface area contributed by atoms with Crippen molar-refractivity contribution in [1.82, 2.24) is 4.90 Å². The highest BCUT2D eigenvalue weighted by atomic mass is 127. The molecule has 0 atom stereocenters. The Kier molecular flexibility index (Phi) is 7.17. The number of ether oxygens (including phenoxy) is 1. The summed E-state index contributed by atoms with van der Waals surface area (Å²) in [5.74, 6) is 0.0486. The summed E-state index contributed by atoms with van der Waals surface area (Å²) in [6, 6.07) is 3.83. The van der Waals surface area contributed by atoms with Crippen LogP contribution in [0.25, 0.3) is 0 Å². The molecule has 1 fully saturated rings. The SMILES string of the molecule is O=C(OCCN1CCS(=O)(=O)CC1)c1cc(I)cc(I)c1I. The molecule has 0 radical (unpaired) electrons. The normalized spacial score (nSPS) is 18.1. The first-order chi connectivity index (χ1) is 10.3. The van der Waals surface area contributed by atoms with Gasteiger partial charge >= 0.3 is 5.97 Å². The molecule has 0 unspecified atom stereocenters. The van der Waals surface area contributed by atoms with Crippen LogP contribution < -0.4 is 0 Å². The number of hydrogen-bond acceptors (Lipinski definition) is 5. The Balaban J connectivity index is 1.86. The number of hydrogen-bond donors (Lipinski definition) is 0. The number of esters is 1. The molecule has 0 bridgehead atoms. The molecular formula is C13H14I3NO4S. The lowest BCUT2D eigenvalue weighted by molar-refractivity contribution is 0.0464. The van der Waals surface area contributed by atoms with Crippen LogP contribution in [0.15, 0.2) is 12.1 Å². The molecule has 122 valence electrons. The Bertz CT molecular complexity index is 664. The molecule has 22 heavy (non-hydrogen) atoms. The van der Waals surface area contributed by atoms with Gasteiger partial charge in [-0.05, 0) is 79.9 Å². The second-order valence-corrected chi connectivity index (χ2v) is 10.7. The number of carbonyl (C=O) groups excluding carboxylic acids is 1. The summed E-state index contributed by atoms with van der Waals surface area (Å²) in [6.45, 7) is 1.87. The molecule has 0 aromatic heterocycles. The summed E-state index contributed by atoms with van der Waals surface area (Å²) in [6.07, 6.45) is 0. The molecule has 1 aromatic carbocycles. The van der Waals surface area contributed by atoms with E-state index in [9.17, 15) is 13.2 Å². The lowest BCUT2D eigenvalue weighted by Gasteiger charge is -2.26. The van der Waals surface area contributed by atoms with Crippen molar-refractivity contribution in [3.63, 3.8) is 0 Å². The Morgan fingerprint density at radius 2 is 1.82 bits per heavy atom. The van der Waals surface area contributed by atoms with E-state index in [-0.39, 0.29) is 24.1 Å². The molecule has 0 spiro atoms. The molecule has 5 nitrogen and oxygen atoms in total. The fraction of sp³-hybridized carbons (Fsp3) is 0.462. The van der Waals surface area contributed by atoms with Crippen LogP contribution in [0.2, 0.25) is 0 Å². The highest BCUT2D eigenvalue weighted by Crippen LogP contribution is 2.23. The third kappa shape index (κ3) is 5.41. The number of halogens is 3. The van der Waals surface area contributed by atoms with Crippen LogP contribution in [0, 0.1) is 10.7 Å². The van der Waals surface area contributed by atoms with Crippen LogP contribution in [-0.2, 0) is 14.6 Å². The molecule has 0 amide bonds. The zero-order valence-electron chi connectivity index (χ0n) is 11.5. The van der Waals surface area contributed by atoms with Crippen LogP contribution in [0.4, 0.5) is 0 Å². The number of carbonyl (C=O) groups is 1. The zero-order valence-corrected chi connectivity index (χ0v) is 18.8. The van der Waals surface area contributed by atoms with Crippen LogP contribution in [0.5, 0.6) is 0 Å². The topological polar surface area (TPSA) is 63.7 Å². The van der Waals surface area contributed by atoms with Gasteiger partial charge in [0.2, 0.25) is 0 Å². The first-order valence-electron chi connectivity index (χ1n) is 6.53. The van der Waals surface area contributed by atoms with Crippen molar-refractivity contribution >= 4 is 83.6 Å². The van der Waals surface area contributed by atoms with Crippen LogP contribution >= 0.6 is 67.8 Å². The van der Waals surface area contributed by atoms with E-state index in [0.717, 1.165) is 10.7 Å².